The Morgan fingerprint density at radius 2 is 1.64 bits per heavy atom. The first-order valence-corrected chi connectivity index (χ1v) is 7.15. The minimum Gasteiger partial charge on any atom is -0.452 e. The lowest BCUT2D eigenvalue weighted by atomic mass is 10.2. The average Bonchev–Trinajstić information content (AvgIpc) is 2.56. The molecule has 2 rings (SSSR count). The molecule has 2 amide bonds. The fraction of sp³-hybridized carbons (Fsp3) is 0.118. The van der Waals surface area contributed by atoms with Crippen molar-refractivity contribution in [3.63, 3.8) is 0 Å². The molecular weight excluding hydrogens is 334 g/mol. The second-order valence-corrected chi connectivity index (χ2v) is 4.98. The Bertz CT molecular complexity index is 804. The largest absolute Gasteiger partial charge is 0.452 e. The maximum atomic E-state index is 13.4. The zero-order chi connectivity index (χ0) is 18.4. The number of halogens is 2. The van der Waals surface area contributed by atoms with Crippen molar-refractivity contribution in [3.05, 3.63) is 59.7 Å². The average molecular weight is 348 g/mol. The predicted octanol–water partition coefficient (Wildman–Crippen LogP) is 2.72. The number of hydrogen-bond acceptors (Lipinski definition) is 4. The summed E-state index contributed by atoms with van der Waals surface area (Å²) >= 11 is 0. The zero-order valence-electron chi connectivity index (χ0n) is 13.1. The summed E-state index contributed by atoms with van der Waals surface area (Å²) in [5, 5.41) is 4.50. The van der Waals surface area contributed by atoms with Gasteiger partial charge in [0.15, 0.2) is 6.61 Å². The summed E-state index contributed by atoms with van der Waals surface area (Å²) in [6, 6.07) is 9.03. The van der Waals surface area contributed by atoms with Gasteiger partial charge in [0.05, 0.1) is 5.56 Å². The number of benzene rings is 2. The van der Waals surface area contributed by atoms with Crippen LogP contribution in [0.5, 0.6) is 0 Å². The Hall–Kier alpha value is -3.29. The van der Waals surface area contributed by atoms with E-state index in [4.69, 9.17) is 4.74 Å². The summed E-state index contributed by atoms with van der Waals surface area (Å²) in [5.74, 6) is -3.91. The molecule has 130 valence electrons. The Balaban J connectivity index is 1.95. The number of amides is 2. The lowest BCUT2D eigenvalue weighted by Crippen LogP contribution is -2.22. The van der Waals surface area contributed by atoms with Gasteiger partial charge in [-0.3, -0.25) is 9.59 Å². The highest BCUT2D eigenvalue weighted by Gasteiger charge is 2.14. The molecule has 0 aliphatic rings. The van der Waals surface area contributed by atoms with Crippen LogP contribution in [0.15, 0.2) is 42.5 Å². The van der Waals surface area contributed by atoms with E-state index in [1.54, 1.807) is 6.07 Å². The van der Waals surface area contributed by atoms with Gasteiger partial charge in [-0.05, 0) is 30.3 Å². The van der Waals surface area contributed by atoms with Crippen LogP contribution in [-0.2, 0) is 14.3 Å². The SMILES string of the molecule is CC(=O)Nc1cccc(C(=O)OCC(=O)Nc2c(F)cccc2F)c1. The highest BCUT2D eigenvalue weighted by atomic mass is 19.1. The van der Waals surface area contributed by atoms with E-state index in [1.165, 1.54) is 25.1 Å². The van der Waals surface area contributed by atoms with E-state index in [-0.39, 0.29) is 11.5 Å². The molecule has 2 aromatic carbocycles. The van der Waals surface area contributed by atoms with Crippen LogP contribution in [0.3, 0.4) is 0 Å². The normalized spacial score (nSPS) is 10.0. The van der Waals surface area contributed by atoms with Crippen molar-refractivity contribution in [2.45, 2.75) is 6.92 Å². The van der Waals surface area contributed by atoms with Gasteiger partial charge in [0.2, 0.25) is 5.91 Å². The minimum atomic E-state index is -0.942. The molecule has 6 nitrogen and oxygen atoms in total. The number of anilines is 2. The van der Waals surface area contributed by atoms with Gasteiger partial charge in [-0.1, -0.05) is 12.1 Å². The third-order valence-corrected chi connectivity index (χ3v) is 2.98. The van der Waals surface area contributed by atoms with Crippen LogP contribution in [0.4, 0.5) is 20.2 Å². The number of nitrogens with one attached hydrogen (secondary N) is 2. The molecule has 0 fully saturated rings. The first-order chi connectivity index (χ1) is 11.9. The van der Waals surface area contributed by atoms with E-state index in [9.17, 15) is 23.2 Å². The molecule has 0 unspecified atom stereocenters. The van der Waals surface area contributed by atoms with E-state index >= 15 is 0 Å². The van der Waals surface area contributed by atoms with E-state index in [0.29, 0.717) is 5.69 Å². The fourth-order valence-electron chi connectivity index (χ4n) is 1.93. The molecule has 0 atom stereocenters. The van der Waals surface area contributed by atoms with Gasteiger partial charge >= 0.3 is 5.97 Å². The summed E-state index contributed by atoms with van der Waals surface area (Å²) in [7, 11) is 0. The van der Waals surface area contributed by atoms with Crippen molar-refractivity contribution in [2.24, 2.45) is 0 Å². The maximum Gasteiger partial charge on any atom is 0.338 e. The smallest absolute Gasteiger partial charge is 0.338 e. The van der Waals surface area contributed by atoms with Gasteiger partial charge in [-0.25, -0.2) is 13.6 Å². The van der Waals surface area contributed by atoms with Gasteiger partial charge < -0.3 is 15.4 Å². The lowest BCUT2D eigenvalue weighted by Gasteiger charge is -2.09. The number of rotatable bonds is 5. The molecule has 0 saturated heterocycles. The van der Waals surface area contributed by atoms with Gasteiger partial charge in [-0.2, -0.15) is 0 Å². The molecule has 0 radical (unpaired) electrons. The number of para-hydroxylation sites is 1. The number of ether oxygens (including phenoxy) is 1. The van der Waals surface area contributed by atoms with E-state index in [1.807, 2.05) is 5.32 Å². The Morgan fingerprint density at radius 3 is 2.28 bits per heavy atom. The third-order valence-electron chi connectivity index (χ3n) is 2.98. The Morgan fingerprint density at radius 1 is 1.00 bits per heavy atom. The molecule has 0 heterocycles. The summed E-state index contributed by atoms with van der Waals surface area (Å²) in [6.07, 6.45) is 0. The van der Waals surface area contributed by atoms with Gasteiger partial charge in [0.25, 0.3) is 5.91 Å². The van der Waals surface area contributed by atoms with Gasteiger partial charge in [0, 0.05) is 12.6 Å². The highest BCUT2D eigenvalue weighted by molar-refractivity contribution is 5.97. The van der Waals surface area contributed by atoms with Crippen molar-refractivity contribution < 1.29 is 27.9 Å². The van der Waals surface area contributed by atoms with Crippen LogP contribution >= 0.6 is 0 Å². The first kappa shape index (κ1) is 18.1. The van der Waals surface area contributed by atoms with Crippen molar-refractivity contribution in [1.29, 1.82) is 0 Å². The summed E-state index contributed by atoms with van der Waals surface area (Å²) in [5.41, 5.74) is -0.118. The molecule has 2 N–H and O–H groups in total. The molecule has 0 aliphatic heterocycles. The highest BCUT2D eigenvalue weighted by Crippen LogP contribution is 2.18. The topological polar surface area (TPSA) is 84.5 Å². The number of esters is 1. The van der Waals surface area contributed by atoms with Gasteiger partial charge in [-0.15, -0.1) is 0 Å². The molecule has 0 spiro atoms. The quantitative estimate of drug-likeness (QED) is 0.814. The second-order valence-electron chi connectivity index (χ2n) is 4.98. The van der Waals surface area contributed by atoms with Crippen molar-refractivity contribution in [3.8, 4) is 0 Å². The Kier molecular flexibility index (Phi) is 5.78. The molecule has 0 bridgehead atoms. The standard InChI is InChI=1S/C17H14F2N2O4/c1-10(22)20-12-5-2-4-11(8-12)17(24)25-9-15(23)21-16-13(18)6-3-7-14(16)19/h2-8H,9H2,1H3,(H,20,22)(H,21,23). The molecule has 0 aliphatic carbocycles. The van der Waals surface area contributed by atoms with E-state index in [2.05, 4.69) is 5.32 Å². The number of carbonyl (C=O) groups is 3. The molecule has 25 heavy (non-hydrogen) atoms. The summed E-state index contributed by atoms with van der Waals surface area (Å²) in [6.45, 7) is 0.591. The minimum absolute atomic E-state index is 0.108. The second kappa shape index (κ2) is 8.00. The molecule has 2 aromatic rings. The van der Waals surface area contributed by atoms with Crippen molar-refractivity contribution >= 4 is 29.2 Å². The van der Waals surface area contributed by atoms with Crippen LogP contribution in [0.2, 0.25) is 0 Å². The fourth-order valence-corrected chi connectivity index (χ4v) is 1.93. The van der Waals surface area contributed by atoms with E-state index in [0.717, 1.165) is 18.2 Å². The van der Waals surface area contributed by atoms with Gasteiger partial charge in [0.1, 0.15) is 17.3 Å². The third kappa shape index (κ3) is 5.10. The van der Waals surface area contributed by atoms with Crippen LogP contribution < -0.4 is 10.6 Å². The predicted molar refractivity (Wildman–Crippen MR) is 86.0 cm³/mol. The molecule has 0 saturated carbocycles. The van der Waals surface area contributed by atoms with E-state index < -0.39 is 35.8 Å². The first-order valence-electron chi connectivity index (χ1n) is 7.15. The molecular formula is C17H14F2N2O4. The molecule has 0 aromatic heterocycles. The zero-order valence-corrected chi connectivity index (χ0v) is 13.1. The van der Waals surface area contributed by atoms with Crippen molar-refractivity contribution in [1.82, 2.24) is 0 Å². The summed E-state index contributed by atoms with van der Waals surface area (Å²) in [4.78, 5) is 34.6. The van der Waals surface area contributed by atoms with Crippen molar-refractivity contribution in [2.75, 3.05) is 17.2 Å². The number of hydrogen-bond donors (Lipinski definition) is 2. The number of carbonyl (C=O) groups excluding carboxylic acids is 3. The van der Waals surface area contributed by atoms with Crippen LogP contribution in [0.25, 0.3) is 0 Å². The molecule has 8 heteroatoms. The van der Waals surface area contributed by atoms with Crippen LogP contribution in [0, 0.1) is 11.6 Å². The lowest BCUT2D eigenvalue weighted by molar-refractivity contribution is -0.119. The Labute approximate surface area is 141 Å². The maximum absolute atomic E-state index is 13.4. The summed E-state index contributed by atoms with van der Waals surface area (Å²) < 4.78 is 31.6. The monoisotopic (exact) mass is 348 g/mol. The van der Waals surface area contributed by atoms with Crippen LogP contribution in [-0.4, -0.2) is 24.4 Å². The van der Waals surface area contributed by atoms with Crippen LogP contribution in [0.1, 0.15) is 17.3 Å².